The van der Waals surface area contributed by atoms with Gasteiger partial charge in [0.25, 0.3) is 0 Å². The summed E-state index contributed by atoms with van der Waals surface area (Å²) >= 11 is 0. The van der Waals surface area contributed by atoms with Crippen LogP contribution in [-0.2, 0) is 14.4 Å². The molecule has 2 aliphatic carbocycles. The van der Waals surface area contributed by atoms with E-state index >= 15 is 0 Å². The monoisotopic (exact) mass is 277 g/mol. The summed E-state index contributed by atoms with van der Waals surface area (Å²) in [5, 5.41) is 9.01. The van der Waals surface area contributed by atoms with E-state index in [0.29, 0.717) is 38.5 Å². The topological polar surface area (TPSA) is 74.7 Å². The highest BCUT2D eigenvalue weighted by atomic mass is 16.4. The quantitative estimate of drug-likeness (QED) is 0.614. The minimum Gasteiger partial charge on any atom is -0.481 e. The van der Waals surface area contributed by atoms with Crippen LogP contribution in [0.3, 0.4) is 0 Å². The zero-order chi connectivity index (χ0) is 14.3. The molecule has 20 heavy (non-hydrogen) atoms. The maximum Gasteiger partial charge on any atom is 0.306 e. The van der Waals surface area contributed by atoms with E-state index in [0.717, 1.165) is 0 Å². The molecule has 3 aliphatic rings. The molecule has 1 aliphatic heterocycles. The van der Waals surface area contributed by atoms with E-state index < -0.39 is 5.97 Å². The molecule has 2 atom stereocenters. The van der Waals surface area contributed by atoms with Crippen molar-refractivity contribution in [2.24, 2.45) is 17.8 Å². The van der Waals surface area contributed by atoms with E-state index in [1.807, 2.05) is 12.2 Å². The molecule has 2 amide bonds. The van der Waals surface area contributed by atoms with Crippen molar-refractivity contribution in [3.8, 4) is 0 Å². The van der Waals surface area contributed by atoms with Crippen molar-refractivity contribution in [2.45, 2.75) is 44.6 Å². The van der Waals surface area contributed by atoms with Gasteiger partial charge in [0, 0.05) is 6.04 Å². The second-order valence-corrected chi connectivity index (χ2v) is 6.05. The Balaban J connectivity index is 1.71. The Bertz CT molecular complexity index is 450. The number of aliphatic carboxylic acids is 1. The molecule has 0 aromatic carbocycles. The van der Waals surface area contributed by atoms with Crippen molar-refractivity contribution in [1.29, 1.82) is 0 Å². The van der Waals surface area contributed by atoms with E-state index in [1.165, 1.54) is 4.90 Å². The minimum atomic E-state index is -0.764. The molecular formula is C15H19NO4. The first-order valence-electron chi connectivity index (χ1n) is 7.34. The van der Waals surface area contributed by atoms with Crippen LogP contribution in [0.25, 0.3) is 0 Å². The number of rotatable bonds is 2. The highest BCUT2D eigenvalue weighted by Crippen LogP contribution is 2.39. The predicted octanol–water partition coefficient (Wildman–Crippen LogP) is 1.58. The summed E-state index contributed by atoms with van der Waals surface area (Å²) in [6.45, 7) is 0. The Morgan fingerprint density at radius 3 is 1.95 bits per heavy atom. The first kappa shape index (κ1) is 13.3. The van der Waals surface area contributed by atoms with Gasteiger partial charge in [-0.15, -0.1) is 0 Å². The Morgan fingerprint density at radius 1 is 1.00 bits per heavy atom. The van der Waals surface area contributed by atoms with Gasteiger partial charge >= 0.3 is 5.97 Å². The maximum atomic E-state index is 12.4. The maximum absolute atomic E-state index is 12.4. The van der Waals surface area contributed by atoms with Crippen LogP contribution >= 0.6 is 0 Å². The molecule has 0 aromatic rings. The van der Waals surface area contributed by atoms with E-state index in [9.17, 15) is 14.4 Å². The Morgan fingerprint density at radius 2 is 1.50 bits per heavy atom. The van der Waals surface area contributed by atoms with E-state index in [-0.39, 0.29) is 35.6 Å². The van der Waals surface area contributed by atoms with Crippen LogP contribution in [0.2, 0.25) is 0 Å². The average Bonchev–Trinajstić information content (AvgIpc) is 2.72. The molecule has 3 rings (SSSR count). The van der Waals surface area contributed by atoms with Crippen LogP contribution in [-0.4, -0.2) is 33.8 Å². The van der Waals surface area contributed by atoms with Gasteiger partial charge in [0.2, 0.25) is 11.8 Å². The SMILES string of the molecule is O=C(O)C1CCC(N2C(=O)[C@@H]3CC=CC[C@H]3C2=O)CC1. The van der Waals surface area contributed by atoms with Gasteiger partial charge < -0.3 is 5.11 Å². The summed E-state index contributed by atoms with van der Waals surface area (Å²) in [7, 11) is 0. The number of hydrogen-bond acceptors (Lipinski definition) is 3. The Hall–Kier alpha value is -1.65. The number of allylic oxidation sites excluding steroid dienone is 2. The van der Waals surface area contributed by atoms with Crippen LogP contribution in [0.5, 0.6) is 0 Å². The molecular weight excluding hydrogens is 258 g/mol. The molecule has 0 spiro atoms. The lowest BCUT2D eigenvalue weighted by molar-refractivity contribution is -0.145. The number of carboxylic acid groups (broad SMARTS) is 1. The second-order valence-electron chi connectivity index (χ2n) is 6.05. The number of carbonyl (C=O) groups is 3. The molecule has 2 fully saturated rings. The van der Waals surface area contributed by atoms with Gasteiger partial charge in [0.1, 0.15) is 0 Å². The summed E-state index contributed by atoms with van der Waals surface area (Å²) in [6, 6.07) is -0.0869. The van der Waals surface area contributed by atoms with E-state index in [1.54, 1.807) is 0 Å². The van der Waals surface area contributed by atoms with Gasteiger partial charge in [-0.2, -0.15) is 0 Å². The van der Waals surface area contributed by atoms with Crippen molar-refractivity contribution in [3.05, 3.63) is 12.2 Å². The number of carbonyl (C=O) groups excluding carboxylic acids is 2. The van der Waals surface area contributed by atoms with E-state index in [4.69, 9.17) is 5.11 Å². The van der Waals surface area contributed by atoms with Crippen LogP contribution < -0.4 is 0 Å². The molecule has 1 saturated carbocycles. The number of hydrogen-bond donors (Lipinski definition) is 1. The number of imide groups is 1. The lowest BCUT2D eigenvalue weighted by Gasteiger charge is -2.32. The largest absolute Gasteiger partial charge is 0.481 e. The third-order valence-electron chi connectivity index (χ3n) is 4.95. The summed E-state index contributed by atoms with van der Waals surface area (Å²) in [6.07, 6.45) is 7.67. The van der Waals surface area contributed by atoms with Crippen LogP contribution in [0, 0.1) is 17.8 Å². The van der Waals surface area contributed by atoms with Gasteiger partial charge in [-0.05, 0) is 38.5 Å². The smallest absolute Gasteiger partial charge is 0.306 e. The Kier molecular flexibility index (Phi) is 3.36. The third kappa shape index (κ3) is 2.05. The van der Waals surface area contributed by atoms with Crippen molar-refractivity contribution in [1.82, 2.24) is 4.90 Å². The highest BCUT2D eigenvalue weighted by molar-refractivity contribution is 6.05. The molecule has 1 saturated heterocycles. The predicted molar refractivity (Wildman–Crippen MR) is 70.6 cm³/mol. The van der Waals surface area contributed by atoms with Crippen molar-refractivity contribution in [3.63, 3.8) is 0 Å². The molecule has 5 heteroatoms. The zero-order valence-corrected chi connectivity index (χ0v) is 11.3. The Labute approximate surface area is 117 Å². The fraction of sp³-hybridized carbons (Fsp3) is 0.667. The molecule has 1 heterocycles. The summed E-state index contributed by atoms with van der Waals surface area (Å²) in [5.74, 6) is -1.51. The standard InChI is InChI=1S/C15H19NO4/c17-13-11-3-1-2-4-12(11)14(18)16(13)10-7-5-9(6-8-10)15(19)20/h1-2,9-12H,3-8H2,(H,19,20)/t9?,10?,11-,12-/m1/s1. The number of nitrogens with zero attached hydrogens (tertiary/aromatic N) is 1. The second kappa shape index (κ2) is 5.04. The molecule has 0 bridgehead atoms. The number of carboxylic acids is 1. The van der Waals surface area contributed by atoms with Gasteiger partial charge in [0.05, 0.1) is 17.8 Å². The first-order valence-corrected chi connectivity index (χ1v) is 7.34. The van der Waals surface area contributed by atoms with Crippen molar-refractivity contribution < 1.29 is 19.5 Å². The number of likely N-dealkylation sites (tertiary alicyclic amines) is 1. The molecule has 0 unspecified atom stereocenters. The average molecular weight is 277 g/mol. The minimum absolute atomic E-state index is 0.0388. The molecule has 108 valence electrons. The molecule has 5 nitrogen and oxygen atoms in total. The van der Waals surface area contributed by atoms with Gasteiger partial charge in [-0.3, -0.25) is 19.3 Å². The summed E-state index contributed by atoms with van der Waals surface area (Å²) in [5.41, 5.74) is 0. The highest BCUT2D eigenvalue weighted by Gasteiger charge is 2.50. The summed E-state index contributed by atoms with van der Waals surface area (Å²) in [4.78, 5) is 37.3. The van der Waals surface area contributed by atoms with Crippen molar-refractivity contribution in [2.75, 3.05) is 0 Å². The lowest BCUT2D eigenvalue weighted by Crippen LogP contribution is -2.43. The van der Waals surface area contributed by atoms with Crippen LogP contribution in [0.1, 0.15) is 38.5 Å². The molecule has 0 radical (unpaired) electrons. The summed E-state index contributed by atoms with van der Waals surface area (Å²) < 4.78 is 0. The van der Waals surface area contributed by atoms with Crippen LogP contribution in [0.15, 0.2) is 12.2 Å². The first-order chi connectivity index (χ1) is 9.59. The van der Waals surface area contributed by atoms with Gasteiger partial charge in [-0.25, -0.2) is 0 Å². The molecule has 1 N–H and O–H groups in total. The van der Waals surface area contributed by atoms with Crippen LogP contribution in [0.4, 0.5) is 0 Å². The zero-order valence-electron chi connectivity index (χ0n) is 11.3. The fourth-order valence-electron chi connectivity index (χ4n) is 3.77. The third-order valence-corrected chi connectivity index (χ3v) is 4.95. The number of amides is 2. The fourth-order valence-corrected chi connectivity index (χ4v) is 3.77. The number of fused-ring (bicyclic) bond motifs is 1. The lowest BCUT2D eigenvalue weighted by atomic mass is 9.85. The molecule has 0 aromatic heterocycles. The van der Waals surface area contributed by atoms with E-state index in [2.05, 4.69) is 0 Å². The van der Waals surface area contributed by atoms with Crippen molar-refractivity contribution >= 4 is 17.8 Å². The normalized spacial score (nSPS) is 37.1. The van der Waals surface area contributed by atoms with Gasteiger partial charge in [-0.1, -0.05) is 12.2 Å². The van der Waals surface area contributed by atoms with Gasteiger partial charge in [0.15, 0.2) is 0 Å².